The Morgan fingerprint density at radius 2 is 1.53 bits per heavy atom. The summed E-state index contributed by atoms with van der Waals surface area (Å²) in [5.41, 5.74) is 2.71. The SMILES string of the molecule is Cc1c(F)ccc2ccc(=O)[nH]c12.Cc1c(F)cccc1NC(=O)/C=C/c1ccccc1. The van der Waals surface area contributed by atoms with Gasteiger partial charge < -0.3 is 10.3 Å². The quantitative estimate of drug-likeness (QED) is 0.404. The smallest absolute Gasteiger partial charge is 0.248 e. The topological polar surface area (TPSA) is 62.0 Å². The second-order valence-electron chi connectivity index (χ2n) is 7.10. The lowest BCUT2D eigenvalue weighted by molar-refractivity contribution is -0.111. The number of anilines is 1. The highest BCUT2D eigenvalue weighted by Crippen LogP contribution is 2.18. The van der Waals surface area contributed by atoms with E-state index in [1.807, 2.05) is 30.3 Å². The zero-order valence-electron chi connectivity index (χ0n) is 17.7. The number of halogens is 2. The maximum Gasteiger partial charge on any atom is 0.248 e. The molecule has 1 heterocycles. The fourth-order valence-electron chi connectivity index (χ4n) is 3.00. The van der Waals surface area contributed by atoms with E-state index in [-0.39, 0.29) is 23.1 Å². The summed E-state index contributed by atoms with van der Waals surface area (Å²) in [5, 5.41) is 3.50. The highest BCUT2D eigenvalue weighted by Gasteiger charge is 2.05. The number of aryl methyl sites for hydroxylation is 1. The average molecular weight is 432 g/mol. The Morgan fingerprint density at radius 1 is 0.844 bits per heavy atom. The van der Waals surface area contributed by atoms with Gasteiger partial charge in [0.15, 0.2) is 0 Å². The van der Waals surface area contributed by atoms with Crippen LogP contribution in [0.3, 0.4) is 0 Å². The van der Waals surface area contributed by atoms with Crippen molar-refractivity contribution in [1.82, 2.24) is 4.98 Å². The molecule has 0 saturated carbocycles. The van der Waals surface area contributed by atoms with Gasteiger partial charge in [0.1, 0.15) is 11.6 Å². The molecule has 0 aliphatic carbocycles. The maximum absolute atomic E-state index is 13.3. The fraction of sp³-hybridized carbons (Fsp3) is 0.0769. The first-order valence-corrected chi connectivity index (χ1v) is 9.92. The number of aromatic nitrogens is 1. The molecule has 0 fully saturated rings. The minimum atomic E-state index is -0.329. The van der Waals surface area contributed by atoms with Crippen LogP contribution in [0.5, 0.6) is 0 Å². The van der Waals surface area contributed by atoms with Gasteiger partial charge in [0, 0.05) is 29.0 Å². The summed E-state index contributed by atoms with van der Waals surface area (Å²) in [4.78, 5) is 25.3. The standard InChI is InChI=1S/C16H14FNO.C10H8FNO/c1-12-14(17)8-5-9-15(12)18-16(19)11-10-13-6-3-2-4-7-13;1-6-8(11)4-2-7-3-5-9(13)12-10(6)7/h2-11H,1H3,(H,18,19);2-5H,1H3,(H,12,13)/b11-10+;. The van der Waals surface area contributed by atoms with Gasteiger partial charge in [0.25, 0.3) is 0 Å². The predicted molar refractivity (Wildman–Crippen MR) is 125 cm³/mol. The van der Waals surface area contributed by atoms with Gasteiger partial charge in [0.05, 0.1) is 5.52 Å². The highest BCUT2D eigenvalue weighted by molar-refractivity contribution is 6.02. The van der Waals surface area contributed by atoms with Crippen LogP contribution in [0.4, 0.5) is 14.5 Å². The third-order valence-corrected chi connectivity index (χ3v) is 4.85. The van der Waals surface area contributed by atoms with Crippen molar-refractivity contribution in [3.63, 3.8) is 0 Å². The zero-order chi connectivity index (χ0) is 23.1. The van der Waals surface area contributed by atoms with Crippen LogP contribution in [0.25, 0.3) is 17.0 Å². The van der Waals surface area contributed by atoms with Crippen molar-refractivity contribution in [2.24, 2.45) is 0 Å². The molecule has 0 spiro atoms. The van der Waals surface area contributed by atoms with E-state index < -0.39 is 0 Å². The molecule has 4 rings (SSSR count). The van der Waals surface area contributed by atoms with E-state index in [1.54, 1.807) is 44.2 Å². The van der Waals surface area contributed by atoms with E-state index in [4.69, 9.17) is 0 Å². The van der Waals surface area contributed by atoms with Crippen molar-refractivity contribution >= 4 is 28.6 Å². The second kappa shape index (κ2) is 10.3. The molecule has 0 bridgehead atoms. The number of H-pyrrole nitrogens is 1. The monoisotopic (exact) mass is 432 g/mol. The molecular weight excluding hydrogens is 410 g/mol. The molecule has 0 radical (unpaired) electrons. The molecule has 0 saturated heterocycles. The number of nitrogens with one attached hydrogen (secondary N) is 2. The van der Waals surface area contributed by atoms with E-state index in [0.29, 0.717) is 22.3 Å². The first-order valence-electron chi connectivity index (χ1n) is 9.92. The van der Waals surface area contributed by atoms with Crippen LogP contribution in [-0.2, 0) is 4.79 Å². The number of benzene rings is 3. The molecule has 162 valence electrons. The summed E-state index contributed by atoms with van der Waals surface area (Å²) < 4.78 is 26.4. The van der Waals surface area contributed by atoms with Gasteiger partial charge in [-0.1, -0.05) is 36.4 Å². The van der Waals surface area contributed by atoms with Gasteiger partial charge in [-0.05, 0) is 61.2 Å². The van der Waals surface area contributed by atoms with Crippen LogP contribution in [-0.4, -0.2) is 10.9 Å². The largest absolute Gasteiger partial charge is 0.322 e. The Labute approximate surface area is 184 Å². The van der Waals surface area contributed by atoms with Crippen LogP contribution in [0.15, 0.2) is 83.7 Å². The summed E-state index contributed by atoms with van der Waals surface area (Å²) in [6.45, 7) is 3.28. The van der Waals surface area contributed by atoms with Crippen molar-refractivity contribution in [2.45, 2.75) is 13.8 Å². The third-order valence-electron chi connectivity index (χ3n) is 4.85. The predicted octanol–water partition coefficient (Wildman–Crippen LogP) is 5.76. The van der Waals surface area contributed by atoms with Crippen LogP contribution >= 0.6 is 0 Å². The van der Waals surface area contributed by atoms with Crippen LogP contribution in [0.2, 0.25) is 0 Å². The van der Waals surface area contributed by atoms with Crippen molar-refractivity contribution < 1.29 is 13.6 Å². The van der Waals surface area contributed by atoms with E-state index in [2.05, 4.69) is 10.3 Å². The lowest BCUT2D eigenvalue weighted by atomic mass is 10.1. The molecule has 0 aliphatic heterocycles. The molecule has 0 unspecified atom stereocenters. The average Bonchev–Trinajstić information content (AvgIpc) is 2.79. The lowest BCUT2D eigenvalue weighted by Crippen LogP contribution is -2.09. The first kappa shape index (κ1) is 22.6. The summed E-state index contributed by atoms with van der Waals surface area (Å²) in [7, 11) is 0. The van der Waals surface area contributed by atoms with Crippen LogP contribution in [0.1, 0.15) is 16.7 Å². The maximum atomic E-state index is 13.3. The van der Waals surface area contributed by atoms with Gasteiger partial charge in [-0.3, -0.25) is 9.59 Å². The summed E-state index contributed by atoms with van der Waals surface area (Å²) in [6.07, 6.45) is 3.14. The number of aromatic amines is 1. The Bertz CT molecular complexity index is 1330. The molecular formula is C26H22F2N2O2. The van der Waals surface area contributed by atoms with Crippen molar-refractivity contribution in [3.8, 4) is 0 Å². The molecule has 4 aromatic rings. The molecule has 2 N–H and O–H groups in total. The molecule has 32 heavy (non-hydrogen) atoms. The Hall–Kier alpha value is -4.06. The second-order valence-corrected chi connectivity index (χ2v) is 7.10. The van der Waals surface area contributed by atoms with Gasteiger partial charge in [-0.25, -0.2) is 8.78 Å². The summed E-state index contributed by atoms with van der Waals surface area (Å²) >= 11 is 0. The molecule has 4 nitrogen and oxygen atoms in total. The number of hydrogen-bond acceptors (Lipinski definition) is 2. The number of rotatable bonds is 3. The molecule has 1 aromatic heterocycles. The van der Waals surface area contributed by atoms with Gasteiger partial charge >= 0.3 is 0 Å². The van der Waals surface area contributed by atoms with Crippen molar-refractivity contribution in [2.75, 3.05) is 5.32 Å². The summed E-state index contributed by atoms with van der Waals surface area (Å²) in [6, 6.07) is 20.3. The molecule has 1 amide bonds. The normalized spacial score (nSPS) is 10.6. The Balaban J connectivity index is 0.000000193. The number of carbonyl (C=O) groups is 1. The molecule has 0 atom stereocenters. The van der Waals surface area contributed by atoms with Crippen LogP contribution in [0, 0.1) is 25.5 Å². The Morgan fingerprint density at radius 3 is 2.28 bits per heavy atom. The van der Waals surface area contributed by atoms with E-state index in [9.17, 15) is 18.4 Å². The van der Waals surface area contributed by atoms with Gasteiger partial charge in [0.2, 0.25) is 11.5 Å². The van der Waals surface area contributed by atoms with E-state index in [1.165, 1.54) is 24.3 Å². The van der Waals surface area contributed by atoms with Gasteiger partial charge in [-0.2, -0.15) is 0 Å². The van der Waals surface area contributed by atoms with E-state index in [0.717, 1.165) is 10.9 Å². The first-order chi connectivity index (χ1) is 15.3. The summed E-state index contributed by atoms with van der Waals surface area (Å²) in [5.74, 6) is -0.906. The van der Waals surface area contributed by atoms with Crippen molar-refractivity contribution in [1.29, 1.82) is 0 Å². The number of carbonyl (C=O) groups excluding carboxylic acids is 1. The van der Waals surface area contributed by atoms with Gasteiger partial charge in [-0.15, -0.1) is 0 Å². The number of pyridine rings is 1. The van der Waals surface area contributed by atoms with Crippen LogP contribution < -0.4 is 10.9 Å². The fourth-order valence-corrected chi connectivity index (χ4v) is 3.00. The molecule has 3 aromatic carbocycles. The highest BCUT2D eigenvalue weighted by atomic mass is 19.1. The molecule has 0 aliphatic rings. The zero-order valence-corrected chi connectivity index (χ0v) is 17.7. The molecule has 6 heteroatoms. The Kier molecular flexibility index (Phi) is 7.29. The third kappa shape index (κ3) is 5.76. The number of amides is 1. The van der Waals surface area contributed by atoms with Crippen molar-refractivity contribution in [3.05, 3.63) is 118 Å². The lowest BCUT2D eigenvalue weighted by Gasteiger charge is -2.06. The minimum Gasteiger partial charge on any atom is -0.322 e. The van der Waals surface area contributed by atoms with E-state index >= 15 is 0 Å². The number of fused-ring (bicyclic) bond motifs is 1. The minimum absolute atomic E-state index is 0.207. The number of hydrogen-bond donors (Lipinski definition) is 2.